The summed E-state index contributed by atoms with van der Waals surface area (Å²) in [6, 6.07) is 0.307. The molecule has 0 spiro atoms. The summed E-state index contributed by atoms with van der Waals surface area (Å²) in [5, 5.41) is 7.93. The first-order valence-electron chi connectivity index (χ1n) is 7.07. The van der Waals surface area contributed by atoms with Gasteiger partial charge in [0.15, 0.2) is 0 Å². The molecule has 1 aromatic rings. The van der Waals surface area contributed by atoms with Gasteiger partial charge in [0, 0.05) is 26.1 Å². The van der Waals surface area contributed by atoms with E-state index in [2.05, 4.69) is 40.2 Å². The number of nitrogens with one attached hydrogen (secondary N) is 1. The van der Waals surface area contributed by atoms with Gasteiger partial charge in [-0.2, -0.15) is 5.10 Å². The van der Waals surface area contributed by atoms with Crippen LogP contribution in [0.25, 0.3) is 0 Å². The van der Waals surface area contributed by atoms with Crippen molar-refractivity contribution < 1.29 is 4.74 Å². The van der Waals surface area contributed by atoms with E-state index in [1.54, 1.807) is 0 Å². The maximum atomic E-state index is 5.82. The second kappa shape index (κ2) is 8.02. The van der Waals surface area contributed by atoms with E-state index in [4.69, 9.17) is 4.74 Å². The van der Waals surface area contributed by atoms with Crippen molar-refractivity contribution in [3.05, 3.63) is 15.9 Å². The van der Waals surface area contributed by atoms with E-state index in [0.29, 0.717) is 6.04 Å². The highest BCUT2D eigenvalue weighted by molar-refractivity contribution is 9.10. The molecular formula is C14H26BrN3O. The lowest BCUT2D eigenvalue weighted by Gasteiger charge is -2.26. The Morgan fingerprint density at radius 2 is 2.05 bits per heavy atom. The molecule has 0 aliphatic carbocycles. The fraction of sp³-hybridized carbons (Fsp3) is 0.786. The van der Waals surface area contributed by atoms with Gasteiger partial charge < -0.3 is 10.1 Å². The molecule has 0 fully saturated rings. The van der Waals surface area contributed by atoms with Crippen LogP contribution in [0, 0.1) is 0 Å². The third kappa shape index (κ3) is 4.04. The Balaban J connectivity index is 2.88. The predicted molar refractivity (Wildman–Crippen MR) is 82.5 cm³/mol. The second-order valence-electron chi connectivity index (χ2n) is 4.69. The largest absolute Gasteiger partial charge is 0.377 e. The van der Waals surface area contributed by atoms with E-state index in [1.807, 2.05) is 25.7 Å². The van der Waals surface area contributed by atoms with Crippen molar-refractivity contribution >= 4 is 15.9 Å². The Morgan fingerprint density at radius 3 is 2.47 bits per heavy atom. The van der Waals surface area contributed by atoms with Crippen molar-refractivity contribution in [2.75, 3.05) is 13.7 Å². The zero-order valence-corrected chi connectivity index (χ0v) is 14.2. The molecule has 1 N–H and O–H groups in total. The molecule has 0 aliphatic heterocycles. The van der Waals surface area contributed by atoms with E-state index >= 15 is 0 Å². The summed E-state index contributed by atoms with van der Waals surface area (Å²) in [6.07, 6.45) is 3.11. The first-order chi connectivity index (χ1) is 9.08. The number of ether oxygens (including phenoxy) is 1. The average molecular weight is 332 g/mol. The van der Waals surface area contributed by atoms with Crippen LogP contribution in [0.4, 0.5) is 0 Å². The summed E-state index contributed by atoms with van der Waals surface area (Å²) in [6.45, 7) is 7.09. The number of aromatic nitrogens is 2. The fourth-order valence-corrected chi connectivity index (χ4v) is 3.18. The number of aryl methyl sites for hydroxylation is 2. The van der Waals surface area contributed by atoms with Crippen LogP contribution >= 0.6 is 15.9 Å². The van der Waals surface area contributed by atoms with Crippen LogP contribution in [0.15, 0.2) is 4.47 Å². The number of rotatable bonds is 8. The van der Waals surface area contributed by atoms with Gasteiger partial charge in [-0.05, 0) is 42.7 Å². The molecule has 0 amide bonds. The number of likely N-dealkylation sites (N-methyl/N-ethyl adjacent to an activating group) is 1. The highest BCUT2D eigenvalue weighted by Crippen LogP contribution is 2.24. The summed E-state index contributed by atoms with van der Waals surface area (Å²) >= 11 is 3.68. The van der Waals surface area contributed by atoms with Crippen LogP contribution in [-0.4, -0.2) is 35.6 Å². The molecule has 0 saturated carbocycles. The molecule has 5 heteroatoms. The Hall–Kier alpha value is -0.390. The third-order valence-corrected chi connectivity index (χ3v) is 4.43. The quantitative estimate of drug-likeness (QED) is 0.796. The van der Waals surface area contributed by atoms with Gasteiger partial charge in [0.25, 0.3) is 0 Å². The zero-order valence-electron chi connectivity index (χ0n) is 12.7. The lowest BCUT2D eigenvalue weighted by Crippen LogP contribution is -2.41. The minimum atomic E-state index is 0.238. The topological polar surface area (TPSA) is 39.1 Å². The van der Waals surface area contributed by atoms with Gasteiger partial charge in [0.1, 0.15) is 0 Å². The van der Waals surface area contributed by atoms with E-state index in [-0.39, 0.29) is 6.10 Å². The lowest BCUT2D eigenvalue weighted by molar-refractivity contribution is 0.0334. The molecule has 1 heterocycles. The molecule has 1 aromatic heterocycles. The fourth-order valence-electron chi connectivity index (χ4n) is 2.40. The molecule has 1 rings (SSSR count). The summed E-state index contributed by atoms with van der Waals surface area (Å²) in [5.41, 5.74) is 2.35. The molecule has 0 aromatic carbocycles. The number of hydrogen-bond donors (Lipinski definition) is 1. The minimum absolute atomic E-state index is 0.238. The molecule has 0 bridgehead atoms. The van der Waals surface area contributed by atoms with Gasteiger partial charge >= 0.3 is 0 Å². The SMILES string of the molecule is CCOC(CC)C(Cc1c(Br)c(CC)nn1C)NC. The predicted octanol–water partition coefficient (Wildman–Crippen LogP) is 2.69. The van der Waals surface area contributed by atoms with Gasteiger partial charge in [-0.1, -0.05) is 13.8 Å². The van der Waals surface area contributed by atoms with Crippen LogP contribution in [-0.2, 0) is 24.6 Å². The molecule has 2 unspecified atom stereocenters. The van der Waals surface area contributed by atoms with Gasteiger partial charge in [-0.25, -0.2) is 0 Å². The molecule has 2 atom stereocenters. The van der Waals surface area contributed by atoms with Crippen molar-refractivity contribution in [1.82, 2.24) is 15.1 Å². The lowest BCUT2D eigenvalue weighted by atomic mass is 10.0. The summed E-state index contributed by atoms with van der Waals surface area (Å²) in [4.78, 5) is 0. The number of halogens is 1. The van der Waals surface area contributed by atoms with Crippen molar-refractivity contribution in [3.8, 4) is 0 Å². The third-order valence-electron chi connectivity index (χ3n) is 3.52. The maximum Gasteiger partial charge on any atom is 0.0766 e. The van der Waals surface area contributed by atoms with Gasteiger partial charge in [-0.3, -0.25) is 4.68 Å². The zero-order chi connectivity index (χ0) is 14.4. The smallest absolute Gasteiger partial charge is 0.0766 e. The molecule has 110 valence electrons. The summed E-state index contributed by atoms with van der Waals surface area (Å²) in [5.74, 6) is 0. The molecule has 19 heavy (non-hydrogen) atoms. The molecule has 0 radical (unpaired) electrons. The Morgan fingerprint density at radius 1 is 1.37 bits per heavy atom. The highest BCUT2D eigenvalue weighted by atomic mass is 79.9. The standard InChI is InChI=1S/C14H26BrN3O/c1-6-10-14(15)12(18(5)17-10)9-11(16-4)13(7-2)19-8-3/h11,13,16H,6-9H2,1-5H3. The van der Waals surface area contributed by atoms with Crippen LogP contribution in [0.1, 0.15) is 38.6 Å². The monoisotopic (exact) mass is 331 g/mol. The van der Waals surface area contributed by atoms with Crippen LogP contribution in [0.3, 0.4) is 0 Å². The van der Waals surface area contributed by atoms with Crippen molar-refractivity contribution in [2.24, 2.45) is 7.05 Å². The van der Waals surface area contributed by atoms with Crippen LogP contribution in [0.2, 0.25) is 0 Å². The number of nitrogens with zero attached hydrogens (tertiary/aromatic N) is 2. The molecular weight excluding hydrogens is 306 g/mol. The van der Waals surface area contributed by atoms with Gasteiger partial charge in [-0.15, -0.1) is 0 Å². The Kier molecular flexibility index (Phi) is 7.04. The Labute approximate surface area is 125 Å². The minimum Gasteiger partial charge on any atom is -0.377 e. The highest BCUT2D eigenvalue weighted by Gasteiger charge is 2.23. The van der Waals surface area contributed by atoms with Crippen molar-refractivity contribution in [1.29, 1.82) is 0 Å². The Bertz CT molecular complexity index is 392. The van der Waals surface area contributed by atoms with Crippen LogP contribution in [0.5, 0.6) is 0 Å². The van der Waals surface area contributed by atoms with Gasteiger partial charge in [0.05, 0.1) is 22.0 Å². The van der Waals surface area contributed by atoms with Crippen molar-refractivity contribution in [2.45, 2.75) is 52.2 Å². The van der Waals surface area contributed by atoms with E-state index in [0.717, 1.165) is 36.0 Å². The van der Waals surface area contributed by atoms with E-state index in [9.17, 15) is 0 Å². The second-order valence-corrected chi connectivity index (χ2v) is 5.48. The molecule has 4 nitrogen and oxygen atoms in total. The van der Waals surface area contributed by atoms with Crippen molar-refractivity contribution in [3.63, 3.8) is 0 Å². The first kappa shape index (κ1) is 16.7. The molecule has 0 aliphatic rings. The van der Waals surface area contributed by atoms with Crippen LogP contribution < -0.4 is 5.32 Å². The molecule has 0 saturated heterocycles. The first-order valence-corrected chi connectivity index (χ1v) is 7.87. The van der Waals surface area contributed by atoms with E-state index in [1.165, 1.54) is 5.69 Å². The van der Waals surface area contributed by atoms with Gasteiger partial charge in [0.2, 0.25) is 0 Å². The summed E-state index contributed by atoms with van der Waals surface area (Å²) in [7, 11) is 4.00. The average Bonchev–Trinajstić information content (AvgIpc) is 2.69. The summed E-state index contributed by atoms with van der Waals surface area (Å²) < 4.78 is 8.94. The maximum absolute atomic E-state index is 5.82. The van der Waals surface area contributed by atoms with E-state index < -0.39 is 0 Å². The normalized spacial score (nSPS) is 14.6. The number of hydrogen-bond acceptors (Lipinski definition) is 3.